The number of urea groups is 1. The molecule has 1 aromatic heterocycles. The molecule has 68 valence electrons. The van der Waals surface area contributed by atoms with E-state index in [-0.39, 0.29) is 12.6 Å². The van der Waals surface area contributed by atoms with Crippen LogP contribution < -0.4 is 10.6 Å². The molecule has 4 nitrogen and oxygen atoms in total. The number of nitrogens with one attached hydrogen (secondary N) is 2. The van der Waals surface area contributed by atoms with Gasteiger partial charge in [0.15, 0.2) is 0 Å². The minimum atomic E-state index is -0.304. The van der Waals surface area contributed by atoms with E-state index in [1.165, 1.54) is 11.3 Å². The van der Waals surface area contributed by atoms with Crippen LogP contribution in [0.15, 0.2) is 6.20 Å². The van der Waals surface area contributed by atoms with E-state index in [2.05, 4.69) is 21.5 Å². The van der Waals surface area contributed by atoms with E-state index in [4.69, 9.17) is 6.42 Å². The lowest BCUT2D eigenvalue weighted by molar-refractivity contribution is 0.253. The number of carbonyl (C=O) groups excluding carboxylic acids is 1. The van der Waals surface area contributed by atoms with Crippen molar-refractivity contribution in [2.45, 2.75) is 6.92 Å². The summed E-state index contributed by atoms with van der Waals surface area (Å²) < 4.78 is 0. The molecule has 0 saturated carbocycles. The van der Waals surface area contributed by atoms with Crippen LogP contribution in [0.1, 0.15) is 5.01 Å². The minimum absolute atomic E-state index is 0.226. The highest BCUT2D eigenvalue weighted by Crippen LogP contribution is 2.16. The number of aryl methyl sites for hydroxylation is 1. The topological polar surface area (TPSA) is 54.0 Å². The lowest BCUT2D eigenvalue weighted by Gasteiger charge is -2.00. The van der Waals surface area contributed by atoms with Gasteiger partial charge in [-0.1, -0.05) is 5.92 Å². The summed E-state index contributed by atoms with van der Waals surface area (Å²) in [5, 5.41) is 6.72. The fraction of sp³-hybridized carbons (Fsp3) is 0.250. The first kappa shape index (κ1) is 9.55. The summed E-state index contributed by atoms with van der Waals surface area (Å²) in [7, 11) is 0. The van der Waals surface area contributed by atoms with Gasteiger partial charge in [0.1, 0.15) is 5.00 Å². The van der Waals surface area contributed by atoms with Gasteiger partial charge in [0, 0.05) is 0 Å². The fourth-order valence-corrected chi connectivity index (χ4v) is 1.38. The van der Waals surface area contributed by atoms with Crippen molar-refractivity contribution >= 4 is 22.4 Å². The number of aromatic nitrogens is 1. The predicted octanol–water partition coefficient (Wildman–Crippen LogP) is 1.21. The number of rotatable bonds is 2. The average molecular weight is 195 g/mol. The molecule has 0 aliphatic rings. The zero-order chi connectivity index (χ0) is 9.68. The number of hydrogen-bond donors (Lipinski definition) is 2. The van der Waals surface area contributed by atoms with Crippen molar-refractivity contribution in [2.75, 3.05) is 11.9 Å². The third-order valence-electron chi connectivity index (χ3n) is 1.21. The summed E-state index contributed by atoms with van der Waals surface area (Å²) >= 11 is 1.41. The van der Waals surface area contributed by atoms with Gasteiger partial charge in [-0.15, -0.1) is 17.8 Å². The number of anilines is 1. The molecule has 2 N–H and O–H groups in total. The van der Waals surface area contributed by atoms with Crippen LogP contribution >= 0.6 is 11.3 Å². The normalized spacial score (nSPS) is 8.92. The molecule has 0 aliphatic heterocycles. The largest absolute Gasteiger partial charge is 0.327 e. The number of terminal acetylenes is 1. The zero-order valence-corrected chi connectivity index (χ0v) is 7.94. The second kappa shape index (κ2) is 4.48. The molecule has 5 heteroatoms. The standard InChI is InChI=1S/C8H9N3OS/c1-3-4-9-8(12)11-7-5-10-6(2)13-7/h1,5H,4H2,2H3,(H2,9,11,12). The van der Waals surface area contributed by atoms with Crippen LogP contribution in [0.4, 0.5) is 9.80 Å². The molecular formula is C8H9N3OS. The molecular weight excluding hydrogens is 186 g/mol. The monoisotopic (exact) mass is 195 g/mol. The SMILES string of the molecule is C#CCNC(=O)Nc1cnc(C)s1. The van der Waals surface area contributed by atoms with E-state index >= 15 is 0 Å². The molecule has 1 rings (SSSR count). The van der Waals surface area contributed by atoms with Gasteiger partial charge in [0.25, 0.3) is 0 Å². The number of hydrogen-bond acceptors (Lipinski definition) is 3. The quantitative estimate of drug-likeness (QED) is 0.697. The van der Waals surface area contributed by atoms with Crippen LogP contribution in [-0.2, 0) is 0 Å². The molecule has 1 heterocycles. The highest BCUT2D eigenvalue weighted by Gasteiger charge is 2.01. The van der Waals surface area contributed by atoms with Crippen molar-refractivity contribution in [3.8, 4) is 12.3 Å². The maximum absolute atomic E-state index is 11.0. The Balaban J connectivity index is 2.41. The van der Waals surface area contributed by atoms with Crippen LogP contribution in [-0.4, -0.2) is 17.6 Å². The summed E-state index contributed by atoms with van der Waals surface area (Å²) in [6, 6.07) is -0.304. The molecule has 0 aliphatic carbocycles. The third-order valence-corrected chi connectivity index (χ3v) is 2.04. The Bertz CT molecular complexity index is 339. The Morgan fingerprint density at radius 2 is 2.62 bits per heavy atom. The Kier molecular flexibility index (Phi) is 3.29. The molecule has 0 atom stereocenters. The smallest absolute Gasteiger partial charge is 0.320 e. The van der Waals surface area contributed by atoms with Crippen LogP contribution in [0, 0.1) is 19.3 Å². The Morgan fingerprint density at radius 3 is 3.15 bits per heavy atom. The number of thiazole rings is 1. The minimum Gasteiger partial charge on any atom is -0.327 e. The van der Waals surface area contributed by atoms with Crippen LogP contribution in [0.2, 0.25) is 0 Å². The molecule has 2 amide bonds. The van der Waals surface area contributed by atoms with E-state index in [9.17, 15) is 4.79 Å². The van der Waals surface area contributed by atoms with Gasteiger partial charge in [-0.25, -0.2) is 9.78 Å². The maximum atomic E-state index is 11.0. The molecule has 0 aromatic carbocycles. The second-order valence-electron chi connectivity index (χ2n) is 2.26. The third kappa shape index (κ3) is 3.13. The lowest BCUT2D eigenvalue weighted by Crippen LogP contribution is -2.28. The molecule has 1 aromatic rings. The van der Waals surface area contributed by atoms with Gasteiger partial charge in [-0.2, -0.15) is 0 Å². The van der Waals surface area contributed by atoms with Gasteiger partial charge >= 0.3 is 6.03 Å². The molecule has 0 fully saturated rings. The summed E-state index contributed by atoms with van der Waals surface area (Å²) in [5.74, 6) is 2.31. The van der Waals surface area contributed by atoms with E-state index in [0.717, 1.165) is 5.01 Å². The van der Waals surface area contributed by atoms with E-state index in [1.54, 1.807) is 6.20 Å². The average Bonchev–Trinajstić information content (AvgIpc) is 2.48. The number of nitrogens with zero attached hydrogens (tertiary/aromatic N) is 1. The first-order valence-corrected chi connectivity index (χ1v) is 4.45. The highest BCUT2D eigenvalue weighted by molar-refractivity contribution is 7.15. The van der Waals surface area contributed by atoms with Crippen molar-refractivity contribution in [1.29, 1.82) is 0 Å². The summed E-state index contributed by atoms with van der Waals surface area (Å²) in [6.45, 7) is 2.10. The molecule has 0 unspecified atom stereocenters. The van der Waals surface area contributed by atoms with E-state index in [1.807, 2.05) is 6.92 Å². The van der Waals surface area contributed by atoms with Crippen LogP contribution in [0.3, 0.4) is 0 Å². The van der Waals surface area contributed by atoms with Gasteiger partial charge in [0.05, 0.1) is 17.7 Å². The van der Waals surface area contributed by atoms with Gasteiger partial charge in [0.2, 0.25) is 0 Å². The van der Waals surface area contributed by atoms with Crippen molar-refractivity contribution in [1.82, 2.24) is 10.3 Å². The molecule has 0 spiro atoms. The van der Waals surface area contributed by atoms with Gasteiger partial charge < -0.3 is 5.32 Å². The molecule has 0 saturated heterocycles. The predicted molar refractivity (Wildman–Crippen MR) is 52.7 cm³/mol. The van der Waals surface area contributed by atoms with Crippen molar-refractivity contribution < 1.29 is 4.79 Å². The Hall–Kier alpha value is -1.54. The summed E-state index contributed by atoms with van der Waals surface area (Å²) in [4.78, 5) is 15.0. The van der Waals surface area contributed by atoms with Gasteiger partial charge in [-0.3, -0.25) is 5.32 Å². The van der Waals surface area contributed by atoms with Crippen LogP contribution in [0.25, 0.3) is 0 Å². The fourth-order valence-electron chi connectivity index (χ4n) is 0.707. The first-order valence-electron chi connectivity index (χ1n) is 3.63. The zero-order valence-electron chi connectivity index (χ0n) is 7.13. The Morgan fingerprint density at radius 1 is 1.85 bits per heavy atom. The van der Waals surface area contributed by atoms with Crippen molar-refractivity contribution in [2.24, 2.45) is 0 Å². The first-order chi connectivity index (χ1) is 6.22. The molecule has 0 bridgehead atoms. The highest BCUT2D eigenvalue weighted by atomic mass is 32.1. The van der Waals surface area contributed by atoms with E-state index < -0.39 is 0 Å². The van der Waals surface area contributed by atoms with Crippen molar-refractivity contribution in [3.05, 3.63) is 11.2 Å². The summed E-state index contributed by atoms with van der Waals surface area (Å²) in [5.41, 5.74) is 0. The molecule has 0 radical (unpaired) electrons. The van der Waals surface area contributed by atoms with E-state index in [0.29, 0.717) is 5.00 Å². The molecule has 13 heavy (non-hydrogen) atoms. The van der Waals surface area contributed by atoms with Crippen molar-refractivity contribution in [3.63, 3.8) is 0 Å². The summed E-state index contributed by atoms with van der Waals surface area (Å²) in [6.07, 6.45) is 6.58. The lowest BCUT2D eigenvalue weighted by atomic mass is 10.6. The van der Waals surface area contributed by atoms with Gasteiger partial charge in [-0.05, 0) is 6.92 Å². The number of carbonyl (C=O) groups is 1. The second-order valence-corrected chi connectivity index (χ2v) is 3.49. The maximum Gasteiger partial charge on any atom is 0.320 e. The number of amides is 2. The Labute approximate surface area is 80.4 Å². The van der Waals surface area contributed by atoms with Crippen LogP contribution in [0.5, 0.6) is 0 Å².